The Morgan fingerprint density at radius 1 is 1.19 bits per heavy atom. The van der Waals surface area contributed by atoms with Crippen molar-refractivity contribution in [1.82, 2.24) is 0 Å². The highest BCUT2D eigenvalue weighted by atomic mass is 19.1. The SMILES string of the molecule is COC(=O)C1CC1CCc1ccc(-c2cc(OC(C)C)ccc2F)cc1. The first-order valence-electron chi connectivity index (χ1n) is 9.11. The van der Waals surface area contributed by atoms with Gasteiger partial charge in [-0.2, -0.15) is 0 Å². The highest BCUT2D eigenvalue weighted by Gasteiger charge is 2.43. The first-order chi connectivity index (χ1) is 12.5. The van der Waals surface area contributed by atoms with Crippen molar-refractivity contribution < 1.29 is 18.7 Å². The highest BCUT2D eigenvalue weighted by molar-refractivity contribution is 5.75. The van der Waals surface area contributed by atoms with Crippen LogP contribution < -0.4 is 4.74 Å². The molecule has 138 valence electrons. The molecule has 0 radical (unpaired) electrons. The normalized spacial score (nSPS) is 18.7. The number of hydrogen-bond acceptors (Lipinski definition) is 3. The monoisotopic (exact) mass is 356 g/mol. The molecule has 2 aromatic carbocycles. The summed E-state index contributed by atoms with van der Waals surface area (Å²) < 4.78 is 24.7. The maximum absolute atomic E-state index is 14.2. The van der Waals surface area contributed by atoms with Gasteiger partial charge in [0, 0.05) is 5.56 Å². The summed E-state index contributed by atoms with van der Waals surface area (Å²) in [5.41, 5.74) is 2.57. The number of aryl methyl sites for hydroxylation is 1. The number of carbonyl (C=O) groups is 1. The predicted molar refractivity (Wildman–Crippen MR) is 99.5 cm³/mol. The lowest BCUT2D eigenvalue weighted by molar-refractivity contribution is -0.142. The van der Waals surface area contributed by atoms with E-state index in [1.807, 2.05) is 38.1 Å². The van der Waals surface area contributed by atoms with E-state index in [0.29, 0.717) is 17.2 Å². The summed E-state index contributed by atoms with van der Waals surface area (Å²) in [7, 11) is 1.44. The molecule has 0 spiro atoms. The fourth-order valence-electron chi connectivity index (χ4n) is 3.28. The quantitative estimate of drug-likeness (QED) is 0.653. The van der Waals surface area contributed by atoms with Gasteiger partial charge in [-0.25, -0.2) is 4.39 Å². The van der Waals surface area contributed by atoms with Gasteiger partial charge in [0.1, 0.15) is 11.6 Å². The van der Waals surface area contributed by atoms with Crippen molar-refractivity contribution in [3.63, 3.8) is 0 Å². The van der Waals surface area contributed by atoms with Crippen LogP contribution >= 0.6 is 0 Å². The Kier molecular flexibility index (Phi) is 5.60. The van der Waals surface area contributed by atoms with Gasteiger partial charge in [-0.1, -0.05) is 24.3 Å². The minimum atomic E-state index is -0.257. The summed E-state index contributed by atoms with van der Waals surface area (Å²) in [6, 6.07) is 12.8. The molecule has 0 heterocycles. The van der Waals surface area contributed by atoms with E-state index in [0.717, 1.165) is 24.8 Å². The van der Waals surface area contributed by atoms with E-state index in [2.05, 4.69) is 0 Å². The van der Waals surface area contributed by atoms with Crippen LogP contribution in [0.1, 0.15) is 32.3 Å². The van der Waals surface area contributed by atoms with Crippen LogP contribution in [0.4, 0.5) is 4.39 Å². The summed E-state index contributed by atoms with van der Waals surface area (Å²) in [5.74, 6) is 0.835. The highest BCUT2D eigenvalue weighted by Crippen LogP contribution is 2.42. The standard InChI is InChI=1S/C22H25FO3/c1-14(2)26-18-10-11-21(23)19(13-18)16-7-4-15(5-8-16)6-9-17-12-20(17)22(24)25-3/h4-5,7-8,10-11,13-14,17,20H,6,9,12H2,1-3H3. The average molecular weight is 356 g/mol. The first kappa shape index (κ1) is 18.4. The molecule has 2 aromatic rings. The topological polar surface area (TPSA) is 35.5 Å². The molecule has 0 aromatic heterocycles. The second-order valence-corrected chi connectivity index (χ2v) is 7.17. The zero-order valence-corrected chi connectivity index (χ0v) is 15.5. The van der Waals surface area contributed by atoms with Crippen LogP contribution in [-0.4, -0.2) is 19.2 Å². The second kappa shape index (κ2) is 7.90. The van der Waals surface area contributed by atoms with Gasteiger partial charge in [0.15, 0.2) is 0 Å². The fraction of sp³-hybridized carbons (Fsp3) is 0.409. The Bertz CT molecular complexity index is 767. The molecule has 1 aliphatic carbocycles. The zero-order valence-electron chi connectivity index (χ0n) is 15.5. The Hall–Kier alpha value is -2.36. The molecule has 0 aliphatic heterocycles. The fourth-order valence-corrected chi connectivity index (χ4v) is 3.28. The number of carbonyl (C=O) groups excluding carboxylic acids is 1. The molecule has 1 aliphatic rings. The maximum Gasteiger partial charge on any atom is 0.308 e. The van der Waals surface area contributed by atoms with E-state index >= 15 is 0 Å². The van der Waals surface area contributed by atoms with Crippen molar-refractivity contribution in [2.24, 2.45) is 11.8 Å². The third kappa shape index (κ3) is 4.43. The number of ether oxygens (including phenoxy) is 2. The van der Waals surface area contributed by atoms with E-state index in [1.165, 1.54) is 18.7 Å². The van der Waals surface area contributed by atoms with Crippen molar-refractivity contribution in [3.05, 3.63) is 53.8 Å². The molecule has 3 rings (SSSR count). The molecular weight excluding hydrogens is 331 g/mol. The lowest BCUT2D eigenvalue weighted by Crippen LogP contribution is -2.05. The molecule has 0 bridgehead atoms. The Balaban J connectivity index is 1.64. The van der Waals surface area contributed by atoms with Crippen molar-refractivity contribution >= 4 is 5.97 Å². The third-order valence-corrected chi connectivity index (χ3v) is 4.80. The molecule has 1 fully saturated rings. The number of halogens is 1. The predicted octanol–water partition coefficient (Wildman–Crippen LogP) is 5.02. The maximum atomic E-state index is 14.2. The van der Waals surface area contributed by atoms with E-state index in [-0.39, 0.29) is 23.8 Å². The third-order valence-electron chi connectivity index (χ3n) is 4.80. The van der Waals surface area contributed by atoms with Crippen LogP contribution in [0.25, 0.3) is 11.1 Å². The van der Waals surface area contributed by atoms with Crippen LogP contribution in [0, 0.1) is 17.7 Å². The minimum absolute atomic E-state index is 0.0481. The first-order valence-corrected chi connectivity index (χ1v) is 9.11. The van der Waals surface area contributed by atoms with Crippen molar-refractivity contribution in [2.45, 2.75) is 39.2 Å². The molecule has 26 heavy (non-hydrogen) atoms. The van der Waals surface area contributed by atoms with Crippen LogP contribution in [0.3, 0.4) is 0 Å². The molecule has 0 amide bonds. The summed E-state index contributed by atoms with van der Waals surface area (Å²) in [5, 5.41) is 0. The van der Waals surface area contributed by atoms with Gasteiger partial charge in [0.05, 0.1) is 19.1 Å². The van der Waals surface area contributed by atoms with E-state index in [1.54, 1.807) is 12.1 Å². The number of methoxy groups -OCH3 is 1. The van der Waals surface area contributed by atoms with Crippen LogP contribution in [-0.2, 0) is 16.0 Å². The van der Waals surface area contributed by atoms with Gasteiger partial charge in [-0.15, -0.1) is 0 Å². The molecule has 0 N–H and O–H groups in total. The van der Waals surface area contributed by atoms with Gasteiger partial charge in [0.25, 0.3) is 0 Å². The Labute approximate surface area is 154 Å². The number of benzene rings is 2. The van der Waals surface area contributed by atoms with Crippen molar-refractivity contribution in [1.29, 1.82) is 0 Å². The van der Waals surface area contributed by atoms with Gasteiger partial charge in [-0.05, 0) is 68.4 Å². The van der Waals surface area contributed by atoms with Crippen LogP contribution in [0.2, 0.25) is 0 Å². The molecule has 3 nitrogen and oxygen atoms in total. The van der Waals surface area contributed by atoms with Gasteiger partial charge >= 0.3 is 5.97 Å². The molecule has 2 unspecified atom stereocenters. The number of hydrogen-bond donors (Lipinski definition) is 0. The van der Waals surface area contributed by atoms with Crippen molar-refractivity contribution in [3.8, 4) is 16.9 Å². The van der Waals surface area contributed by atoms with Crippen LogP contribution in [0.5, 0.6) is 5.75 Å². The van der Waals surface area contributed by atoms with Crippen molar-refractivity contribution in [2.75, 3.05) is 7.11 Å². The zero-order chi connectivity index (χ0) is 18.7. The summed E-state index contributed by atoms with van der Waals surface area (Å²) in [6.07, 6.45) is 2.87. The molecule has 4 heteroatoms. The minimum Gasteiger partial charge on any atom is -0.491 e. The van der Waals surface area contributed by atoms with Gasteiger partial charge < -0.3 is 9.47 Å². The summed E-state index contributed by atoms with van der Waals surface area (Å²) >= 11 is 0. The van der Waals surface area contributed by atoms with Gasteiger partial charge in [0.2, 0.25) is 0 Å². The average Bonchev–Trinajstić information content (AvgIpc) is 3.41. The Morgan fingerprint density at radius 2 is 1.92 bits per heavy atom. The van der Waals surface area contributed by atoms with E-state index in [9.17, 15) is 9.18 Å². The Morgan fingerprint density at radius 3 is 2.58 bits per heavy atom. The molecular formula is C22H25FO3. The molecule has 1 saturated carbocycles. The summed E-state index contributed by atoms with van der Waals surface area (Å²) in [4.78, 5) is 11.5. The van der Waals surface area contributed by atoms with E-state index < -0.39 is 0 Å². The largest absolute Gasteiger partial charge is 0.491 e. The lowest BCUT2D eigenvalue weighted by atomic mass is 10.0. The van der Waals surface area contributed by atoms with Gasteiger partial charge in [-0.3, -0.25) is 4.79 Å². The smallest absolute Gasteiger partial charge is 0.308 e. The molecule has 0 saturated heterocycles. The lowest BCUT2D eigenvalue weighted by Gasteiger charge is -2.12. The van der Waals surface area contributed by atoms with E-state index in [4.69, 9.17) is 9.47 Å². The molecule has 2 atom stereocenters. The number of rotatable bonds is 7. The second-order valence-electron chi connectivity index (χ2n) is 7.17. The van der Waals surface area contributed by atoms with Crippen LogP contribution in [0.15, 0.2) is 42.5 Å². The number of esters is 1. The summed E-state index contributed by atoms with van der Waals surface area (Å²) in [6.45, 7) is 3.89.